The predicted molar refractivity (Wildman–Crippen MR) is 114 cm³/mol. The Hall–Kier alpha value is -2.97. The van der Waals surface area contributed by atoms with Crippen molar-refractivity contribution < 1.29 is 9.84 Å². The maximum atomic E-state index is 9.04. The van der Waals surface area contributed by atoms with Crippen LogP contribution in [0.15, 0.2) is 53.6 Å². The standard InChI is InChI=1S/C20H23N5O2S/c1-3-27-18-10-6-16(7-11-18)19-22-23-20(28)25(19)21-14-15-4-8-17(9-5-15)24(2)12-13-26/h4-11,14,26H,3,12-13H2,1-2H3,(H,23,28)/b21-14-. The molecule has 0 spiro atoms. The van der Waals surface area contributed by atoms with Crippen LogP contribution in [0, 0.1) is 4.77 Å². The molecule has 8 heteroatoms. The van der Waals surface area contributed by atoms with E-state index >= 15 is 0 Å². The van der Waals surface area contributed by atoms with Gasteiger partial charge in [-0.25, -0.2) is 5.10 Å². The summed E-state index contributed by atoms with van der Waals surface area (Å²) in [7, 11) is 1.94. The number of ether oxygens (including phenoxy) is 1. The summed E-state index contributed by atoms with van der Waals surface area (Å²) >= 11 is 5.32. The van der Waals surface area contributed by atoms with Crippen LogP contribution in [0.1, 0.15) is 12.5 Å². The van der Waals surface area contributed by atoms with Crippen molar-refractivity contribution in [3.05, 3.63) is 58.9 Å². The van der Waals surface area contributed by atoms with Crippen molar-refractivity contribution >= 4 is 24.1 Å². The first kappa shape index (κ1) is 19.8. The van der Waals surface area contributed by atoms with Crippen LogP contribution in [0.5, 0.6) is 5.75 Å². The summed E-state index contributed by atoms with van der Waals surface area (Å²) in [5.74, 6) is 1.44. The number of aliphatic hydroxyl groups excluding tert-OH is 1. The van der Waals surface area contributed by atoms with Gasteiger partial charge in [0.05, 0.1) is 19.4 Å². The lowest BCUT2D eigenvalue weighted by atomic mass is 10.2. The van der Waals surface area contributed by atoms with Gasteiger partial charge >= 0.3 is 0 Å². The summed E-state index contributed by atoms with van der Waals surface area (Å²) < 4.78 is 7.49. The average molecular weight is 398 g/mol. The number of rotatable bonds is 8. The highest BCUT2D eigenvalue weighted by atomic mass is 32.1. The number of H-pyrrole nitrogens is 1. The fourth-order valence-corrected chi connectivity index (χ4v) is 2.85. The molecule has 0 amide bonds. The third kappa shape index (κ3) is 4.65. The monoisotopic (exact) mass is 397 g/mol. The Morgan fingerprint density at radius 1 is 1.21 bits per heavy atom. The van der Waals surface area contributed by atoms with E-state index in [-0.39, 0.29) is 6.61 Å². The molecule has 2 aromatic carbocycles. The van der Waals surface area contributed by atoms with E-state index in [4.69, 9.17) is 22.1 Å². The Balaban J connectivity index is 1.81. The average Bonchev–Trinajstić information content (AvgIpc) is 3.08. The molecule has 28 heavy (non-hydrogen) atoms. The number of aromatic amines is 1. The molecule has 1 heterocycles. The molecule has 7 nitrogen and oxygen atoms in total. The number of nitrogens with zero attached hydrogens (tertiary/aromatic N) is 4. The van der Waals surface area contributed by atoms with E-state index in [1.54, 1.807) is 10.9 Å². The Morgan fingerprint density at radius 2 is 1.93 bits per heavy atom. The molecule has 0 unspecified atom stereocenters. The van der Waals surface area contributed by atoms with Crippen molar-refractivity contribution in [2.24, 2.45) is 5.10 Å². The Bertz CT molecular complexity index is 977. The molecule has 0 saturated carbocycles. The molecule has 0 aliphatic rings. The van der Waals surface area contributed by atoms with Gasteiger partial charge in [0.1, 0.15) is 5.75 Å². The topological polar surface area (TPSA) is 78.7 Å². The van der Waals surface area contributed by atoms with Gasteiger partial charge in [0.25, 0.3) is 0 Å². The molecule has 0 saturated heterocycles. The molecule has 3 rings (SSSR count). The second kappa shape index (κ2) is 9.29. The zero-order valence-corrected chi connectivity index (χ0v) is 16.7. The zero-order chi connectivity index (χ0) is 19.9. The smallest absolute Gasteiger partial charge is 0.216 e. The molecule has 0 radical (unpaired) electrons. The van der Waals surface area contributed by atoms with E-state index < -0.39 is 0 Å². The van der Waals surface area contributed by atoms with E-state index in [1.165, 1.54) is 0 Å². The highest BCUT2D eigenvalue weighted by Gasteiger charge is 2.08. The normalized spacial score (nSPS) is 11.1. The van der Waals surface area contributed by atoms with Gasteiger partial charge in [-0.1, -0.05) is 12.1 Å². The van der Waals surface area contributed by atoms with E-state index in [9.17, 15) is 0 Å². The summed E-state index contributed by atoms with van der Waals surface area (Å²) in [6.45, 7) is 3.28. The Morgan fingerprint density at radius 3 is 2.57 bits per heavy atom. The molecule has 0 fully saturated rings. The molecule has 2 N–H and O–H groups in total. The number of hydrogen-bond acceptors (Lipinski definition) is 6. The van der Waals surface area contributed by atoms with Crippen LogP contribution >= 0.6 is 12.2 Å². The highest BCUT2D eigenvalue weighted by Crippen LogP contribution is 2.21. The van der Waals surface area contributed by atoms with E-state index in [1.807, 2.05) is 67.4 Å². The van der Waals surface area contributed by atoms with Crippen molar-refractivity contribution in [1.82, 2.24) is 14.9 Å². The molecular formula is C20H23N5O2S. The highest BCUT2D eigenvalue weighted by molar-refractivity contribution is 7.71. The van der Waals surface area contributed by atoms with Crippen LogP contribution in [-0.4, -0.2) is 53.0 Å². The van der Waals surface area contributed by atoms with Gasteiger partial charge in [-0.05, 0) is 61.1 Å². The maximum absolute atomic E-state index is 9.04. The van der Waals surface area contributed by atoms with E-state index in [0.29, 0.717) is 23.7 Å². The third-order valence-electron chi connectivity index (χ3n) is 4.17. The van der Waals surface area contributed by atoms with Gasteiger partial charge in [0.15, 0.2) is 5.82 Å². The van der Waals surface area contributed by atoms with Crippen LogP contribution < -0.4 is 9.64 Å². The van der Waals surface area contributed by atoms with Crippen molar-refractivity contribution in [1.29, 1.82) is 0 Å². The number of nitrogens with one attached hydrogen (secondary N) is 1. The first-order valence-electron chi connectivity index (χ1n) is 8.99. The summed E-state index contributed by atoms with van der Waals surface area (Å²) in [5, 5.41) is 20.6. The van der Waals surface area contributed by atoms with Crippen molar-refractivity contribution in [3.63, 3.8) is 0 Å². The van der Waals surface area contributed by atoms with Crippen LogP contribution in [0.2, 0.25) is 0 Å². The van der Waals surface area contributed by atoms with Crippen LogP contribution in [0.4, 0.5) is 5.69 Å². The van der Waals surface area contributed by atoms with Crippen LogP contribution in [-0.2, 0) is 0 Å². The van der Waals surface area contributed by atoms with Crippen LogP contribution in [0.25, 0.3) is 11.4 Å². The molecular weight excluding hydrogens is 374 g/mol. The summed E-state index contributed by atoms with van der Waals surface area (Å²) in [6, 6.07) is 15.5. The van der Waals surface area contributed by atoms with Gasteiger partial charge < -0.3 is 14.7 Å². The number of aromatic nitrogens is 3. The van der Waals surface area contributed by atoms with Gasteiger partial charge in [-0.3, -0.25) is 0 Å². The van der Waals surface area contributed by atoms with Gasteiger partial charge in [0.2, 0.25) is 4.77 Å². The molecule has 0 bridgehead atoms. The first-order chi connectivity index (χ1) is 13.6. The first-order valence-corrected chi connectivity index (χ1v) is 9.40. The second-order valence-electron chi connectivity index (χ2n) is 6.10. The summed E-state index contributed by atoms with van der Waals surface area (Å²) in [5.41, 5.74) is 2.84. The minimum absolute atomic E-state index is 0.118. The molecule has 1 aromatic heterocycles. The predicted octanol–water partition coefficient (Wildman–Crippen LogP) is 3.32. The number of benzene rings is 2. The van der Waals surface area contributed by atoms with Crippen molar-refractivity contribution in [3.8, 4) is 17.1 Å². The van der Waals surface area contributed by atoms with Gasteiger partial charge in [0, 0.05) is 24.8 Å². The lowest BCUT2D eigenvalue weighted by Crippen LogP contribution is -2.20. The number of anilines is 1. The largest absolute Gasteiger partial charge is 0.494 e. The number of hydrogen-bond donors (Lipinski definition) is 2. The molecule has 0 aliphatic carbocycles. The van der Waals surface area contributed by atoms with E-state index in [2.05, 4.69) is 15.3 Å². The maximum Gasteiger partial charge on any atom is 0.216 e. The number of likely N-dealkylation sites (N-methyl/N-ethyl adjacent to an activating group) is 1. The fourth-order valence-electron chi connectivity index (χ4n) is 2.67. The lowest BCUT2D eigenvalue weighted by Gasteiger charge is -2.17. The molecule has 0 atom stereocenters. The Kier molecular flexibility index (Phi) is 6.57. The van der Waals surface area contributed by atoms with Crippen LogP contribution in [0.3, 0.4) is 0 Å². The van der Waals surface area contributed by atoms with Gasteiger partial charge in [-0.15, -0.1) is 0 Å². The molecule has 146 valence electrons. The lowest BCUT2D eigenvalue weighted by molar-refractivity contribution is 0.304. The SMILES string of the molecule is CCOc1ccc(-c2n[nH]c(=S)n2/N=C\c2ccc(N(C)CCO)cc2)cc1. The quantitative estimate of drug-likeness (QED) is 0.450. The minimum Gasteiger partial charge on any atom is -0.494 e. The third-order valence-corrected chi connectivity index (χ3v) is 4.43. The van der Waals surface area contributed by atoms with Crippen molar-refractivity contribution in [2.75, 3.05) is 31.7 Å². The van der Waals surface area contributed by atoms with Crippen molar-refractivity contribution in [2.45, 2.75) is 6.92 Å². The second-order valence-corrected chi connectivity index (χ2v) is 6.49. The molecule has 3 aromatic rings. The summed E-state index contributed by atoms with van der Waals surface area (Å²) in [4.78, 5) is 1.98. The number of aliphatic hydroxyl groups is 1. The van der Waals surface area contributed by atoms with E-state index in [0.717, 1.165) is 22.6 Å². The zero-order valence-electron chi connectivity index (χ0n) is 15.9. The Labute approximate surface area is 168 Å². The minimum atomic E-state index is 0.118. The summed E-state index contributed by atoms with van der Waals surface area (Å²) in [6.07, 6.45) is 1.74. The molecule has 0 aliphatic heterocycles. The fraction of sp³-hybridized carbons (Fsp3) is 0.250. The van der Waals surface area contributed by atoms with Gasteiger partial charge in [-0.2, -0.15) is 14.9 Å².